The molecule has 0 radical (unpaired) electrons. The summed E-state index contributed by atoms with van der Waals surface area (Å²) in [5.74, 6) is 2.01. The molecule has 19 heavy (non-hydrogen) atoms. The molecule has 0 aromatic heterocycles. The third-order valence-electron chi connectivity index (χ3n) is 5.14. The average Bonchev–Trinajstić information content (AvgIpc) is 2.46. The molecule has 2 nitrogen and oxygen atoms in total. The molecule has 3 rings (SSSR count). The lowest BCUT2D eigenvalue weighted by molar-refractivity contribution is 0.171. The molecule has 0 saturated heterocycles. The molecule has 2 aliphatic rings. The van der Waals surface area contributed by atoms with Crippen LogP contribution in [0.4, 0.5) is 0 Å². The first-order valence-electron chi connectivity index (χ1n) is 7.84. The maximum Gasteiger partial charge on any atom is 0.115 e. The number of phenols is 1. The van der Waals surface area contributed by atoms with Crippen LogP contribution < -0.4 is 5.32 Å². The molecular weight excluding hydrogens is 234 g/mol. The van der Waals surface area contributed by atoms with Crippen molar-refractivity contribution in [3.05, 3.63) is 29.3 Å². The van der Waals surface area contributed by atoms with Gasteiger partial charge in [-0.1, -0.05) is 38.7 Å². The molecular formula is C17H25NO. The summed E-state index contributed by atoms with van der Waals surface area (Å²) in [7, 11) is 0. The van der Waals surface area contributed by atoms with E-state index in [2.05, 4.69) is 18.3 Å². The van der Waals surface area contributed by atoms with Crippen LogP contribution >= 0.6 is 0 Å². The van der Waals surface area contributed by atoms with Gasteiger partial charge in [0.25, 0.3) is 0 Å². The normalized spacial score (nSPS) is 30.9. The topological polar surface area (TPSA) is 32.3 Å². The van der Waals surface area contributed by atoms with Crippen LogP contribution in [0.25, 0.3) is 0 Å². The van der Waals surface area contributed by atoms with Crippen LogP contribution in [0, 0.1) is 11.8 Å². The van der Waals surface area contributed by atoms with Crippen LogP contribution in [0.5, 0.6) is 5.75 Å². The number of hydrogen-bond donors (Lipinski definition) is 2. The summed E-state index contributed by atoms with van der Waals surface area (Å²) in [6, 6.07) is 6.40. The monoisotopic (exact) mass is 259 g/mol. The van der Waals surface area contributed by atoms with E-state index in [1.165, 1.54) is 43.2 Å². The Morgan fingerprint density at radius 2 is 2.11 bits per heavy atom. The molecule has 3 unspecified atom stereocenters. The molecule has 1 aliphatic heterocycles. The Labute approximate surface area is 116 Å². The van der Waals surface area contributed by atoms with Crippen LogP contribution in [0.15, 0.2) is 18.2 Å². The molecule has 0 spiro atoms. The van der Waals surface area contributed by atoms with Gasteiger partial charge in [0.05, 0.1) is 0 Å². The summed E-state index contributed by atoms with van der Waals surface area (Å²) >= 11 is 0. The molecule has 1 heterocycles. The molecule has 1 aliphatic carbocycles. The Bertz CT molecular complexity index is 443. The van der Waals surface area contributed by atoms with E-state index < -0.39 is 0 Å². The molecule has 3 atom stereocenters. The minimum atomic E-state index is 0.413. The molecule has 1 saturated carbocycles. The number of phenolic OH excluding ortho intramolecular Hbond substituents is 1. The molecule has 2 heteroatoms. The fourth-order valence-electron chi connectivity index (χ4n) is 4.14. The van der Waals surface area contributed by atoms with Gasteiger partial charge in [-0.15, -0.1) is 0 Å². The summed E-state index contributed by atoms with van der Waals surface area (Å²) in [5.41, 5.74) is 2.79. The van der Waals surface area contributed by atoms with E-state index in [-0.39, 0.29) is 0 Å². The van der Waals surface area contributed by atoms with Crippen molar-refractivity contribution in [2.75, 3.05) is 6.54 Å². The van der Waals surface area contributed by atoms with Gasteiger partial charge >= 0.3 is 0 Å². The third kappa shape index (κ3) is 2.51. The number of rotatable bonds is 2. The highest BCUT2D eigenvalue weighted by Crippen LogP contribution is 2.42. The quantitative estimate of drug-likeness (QED) is 0.847. The lowest BCUT2D eigenvalue weighted by atomic mass is 9.71. The zero-order valence-corrected chi connectivity index (χ0v) is 11.9. The Morgan fingerprint density at radius 3 is 2.95 bits per heavy atom. The van der Waals surface area contributed by atoms with Crippen molar-refractivity contribution in [2.45, 2.75) is 51.5 Å². The van der Waals surface area contributed by atoms with Gasteiger partial charge in [0, 0.05) is 6.04 Å². The Balaban J connectivity index is 1.91. The van der Waals surface area contributed by atoms with E-state index in [1.54, 1.807) is 0 Å². The standard InChI is InChI=1S/C17H25NO/c1-2-12-5-3-4-6-15(12)17-16-11-14(19)8-7-13(16)9-10-18-17/h7-8,11-12,15,17-19H,2-6,9-10H2,1H3. The van der Waals surface area contributed by atoms with Gasteiger partial charge in [-0.3, -0.25) is 0 Å². The fraction of sp³-hybridized carbons (Fsp3) is 0.647. The smallest absolute Gasteiger partial charge is 0.115 e. The van der Waals surface area contributed by atoms with Crippen molar-refractivity contribution >= 4 is 0 Å². The molecule has 1 aromatic carbocycles. The fourth-order valence-corrected chi connectivity index (χ4v) is 4.14. The van der Waals surface area contributed by atoms with E-state index >= 15 is 0 Å². The second-order valence-corrected chi connectivity index (χ2v) is 6.18. The predicted octanol–water partition coefficient (Wildman–Crippen LogP) is 3.80. The number of nitrogens with one attached hydrogen (secondary N) is 1. The Kier molecular flexibility index (Phi) is 3.79. The highest BCUT2D eigenvalue weighted by molar-refractivity contribution is 5.39. The Morgan fingerprint density at radius 1 is 1.26 bits per heavy atom. The van der Waals surface area contributed by atoms with Gasteiger partial charge < -0.3 is 10.4 Å². The zero-order chi connectivity index (χ0) is 13.2. The second kappa shape index (κ2) is 5.54. The number of hydrogen-bond acceptors (Lipinski definition) is 2. The molecule has 1 aromatic rings. The molecule has 0 bridgehead atoms. The average molecular weight is 259 g/mol. The first-order chi connectivity index (χ1) is 9.29. The highest BCUT2D eigenvalue weighted by Gasteiger charge is 2.34. The molecule has 0 amide bonds. The number of fused-ring (bicyclic) bond motifs is 1. The number of benzene rings is 1. The summed E-state index contributed by atoms with van der Waals surface area (Å²) in [5, 5.41) is 13.5. The van der Waals surface area contributed by atoms with Crippen molar-refractivity contribution in [3.63, 3.8) is 0 Å². The molecule has 104 valence electrons. The van der Waals surface area contributed by atoms with Crippen LogP contribution in [-0.2, 0) is 6.42 Å². The van der Waals surface area contributed by atoms with Crippen molar-refractivity contribution in [1.29, 1.82) is 0 Å². The van der Waals surface area contributed by atoms with Crippen molar-refractivity contribution in [1.82, 2.24) is 5.32 Å². The highest BCUT2D eigenvalue weighted by atomic mass is 16.3. The zero-order valence-electron chi connectivity index (χ0n) is 11.9. The van der Waals surface area contributed by atoms with E-state index in [1.807, 2.05) is 12.1 Å². The van der Waals surface area contributed by atoms with Crippen molar-refractivity contribution in [2.24, 2.45) is 11.8 Å². The maximum absolute atomic E-state index is 9.80. The lowest BCUT2D eigenvalue weighted by Gasteiger charge is -2.40. The van der Waals surface area contributed by atoms with Gasteiger partial charge in [-0.25, -0.2) is 0 Å². The van der Waals surface area contributed by atoms with Gasteiger partial charge in [0.15, 0.2) is 0 Å². The van der Waals surface area contributed by atoms with Crippen molar-refractivity contribution in [3.8, 4) is 5.75 Å². The minimum absolute atomic E-state index is 0.413. The van der Waals surface area contributed by atoms with Gasteiger partial charge in [0.2, 0.25) is 0 Å². The molecule has 2 N–H and O–H groups in total. The number of aromatic hydroxyl groups is 1. The van der Waals surface area contributed by atoms with Crippen LogP contribution in [-0.4, -0.2) is 11.7 Å². The van der Waals surface area contributed by atoms with Gasteiger partial charge in [-0.2, -0.15) is 0 Å². The largest absolute Gasteiger partial charge is 0.508 e. The van der Waals surface area contributed by atoms with E-state index in [4.69, 9.17) is 0 Å². The van der Waals surface area contributed by atoms with E-state index in [9.17, 15) is 5.11 Å². The minimum Gasteiger partial charge on any atom is -0.508 e. The molecule has 1 fully saturated rings. The van der Waals surface area contributed by atoms with Crippen molar-refractivity contribution < 1.29 is 5.11 Å². The summed E-state index contributed by atoms with van der Waals surface area (Å²) in [6.45, 7) is 3.41. The van der Waals surface area contributed by atoms with Crippen LogP contribution in [0.3, 0.4) is 0 Å². The SMILES string of the molecule is CCC1CCCCC1C1NCCc2ccc(O)cc21. The maximum atomic E-state index is 9.80. The Hall–Kier alpha value is -1.02. The predicted molar refractivity (Wildman–Crippen MR) is 78.3 cm³/mol. The van der Waals surface area contributed by atoms with Crippen LogP contribution in [0.2, 0.25) is 0 Å². The summed E-state index contributed by atoms with van der Waals surface area (Å²) in [6.07, 6.45) is 7.87. The first kappa shape index (κ1) is 13.0. The summed E-state index contributed by atoms with van der Waals surface area (Å²) < 4.78 is 0. The lowest BCUT2D eigenvalue weighted by Crippen LogP contribution is -2.38. The van der Waals surface area contributed by atoms with Crippen LogP contribution in [0.1, 0.15) is 56.2 Å². The first-order valence-corrected chi connectivity index (χ1v) is 7.84. The van der Waals surface area contributed by atoms with Gasteiger partial charge in [-0.05, 0) is 54.5 Å². The van der Waals surface area contributed by atoms with E-state index in [0.29, 0.717) is 11.8 Å². The third-order valence-corrected chi connectivity index (χ3v) is 5.14. The summed E-state index contributed by atoms with van der Waals surface area (Å²) in [4.78, 5) is 0. The van der Waals surface area contributed by atoms with Gasteiger partial charge in [0.1, 0.15) is 5.75 Å². The second-order valence-electron chi connectivity index (χ2n) is 6.18. The van der Waals surface area contributed by atoms with E-state index in [0.717, 1.165) is 24.8 Å².